The summed E-state index contributed by atoms with van der Waals surface area (Å²) in [6, 6.07) is 20.1. The molecule has 0 saturated carbocycles. The van der Waals surface area contributed by atoms with Crippen LogP contribution in [0.4, 0.5) is 10.1 Å². The van der Waals surface area contributed by atoms with E-state index in [0.29, 0.717) is 12.8 Å². The first-order chi connectivity index (χ1) is 18.5. The smallest absolute Gasteiger partial charge is 0.264 e. The van der Waals surface area contributed by atoms with Crippen molar-refractivity contribution in [3.63, 3.8) is 0 Å². The second kappa shape index (κ2) is 13.4. The number of carbonyl (C=O) groups excluding carboxylic acids is 2. The number of rotatable bonds is 12. The van der Waals surface area contributed by atoms with E-state index < -0.39 is 34.3 Å². The van der Waals surface area contributed by atoms with E-state index in [1.54, 1.807) is 19.1 Å². The lowest BCUT2D eigenvalue weighted by molar-refractivity contribution is -0.139. The number of carbonyl (C=O) groups is 2. The predicted molar refractivity (Wildman–Crippen MR) is 151 cm³/mol. The molecule has 3 aromatic rings. The van der Waals surface area contributed by atoms with E-state index in [1.807, 2.05) is 51.1 Å². The van der Waals surface area contributed by atoms with Crippen LogP contribution in [0, 0.1) is 12.7 Å². The maximum absolute atomic E-state index is 14.9. The predicted octanol–water partition coefficient (Wildman–Crippen LogP) is 4.70. The van der Waals surface area contributed by atoms with Crippen molar-refractivity contribution in [3.05, 3.63) is 95.8 Å². The highest BCUT2D eigenvalue weighted by Crippen LogP contribution is 2.27. The molecule has 2 amide bonds. The van der Waals surface area contributed by atoms with Gasteiger partial charge < -0.3 is 10.2 Å². The molecule has 9 heteroatoms. The minimum absolute atomic E-state index is 0.0671. The Bertz CT molecular complexity index is 1360. The molecule has 0 spiro atoms. The van der Waals surface area contributed by atoms with E-state index in [2.05, 4.69) is 5.32 Å². The Hall–Kier alpha value is -3.72. The second-order valence-electron chi connectivity index (χ2n) is 9.59. The highest BCUT2D eigenvalue weighted by atomic mass is 32.2. The third-order valence-corrected chi connectivity index (χ3v) is 8.44. The molecule has 0 aromatic heterocycles. The molecular weight excluding hydrogens is 517 g/mol. The SMILES string of the molecule is CCC(C)NC(=O)C(C)N(CCc1ccccc1)C(=O)CN(c1ccccc1F)S(=O)(=O)c1ccc(C)cc1. The third kappa shape index (κ3) is 7.66. The minimum Gasteiger partial charge on any atom is -0.352 e. The molecular formula is C30H36FN3O4S. The fourth-order valence-electron chi connectivity index (χ4n) is 4.04. The summed E-state index contributed by atoms with van der Waals surface area (Å²) in [6.45, 7) is 6.75. The van der Waals surface area contributed by atoms with Crippen LogP contribution in [0.2, 0.25) is 0 Å². The van der Waals surface area contributed by atoms with Crippen molar-refractivity contribution >= 4 is 27.5 Å². The summed E-state index contributed by atoms with van der Waals surface area (Å²) in [5, 5.41) is 2.89. The Morgan fingerprint density at radius 3 is 2.15 bits per heavy atom. The number of amides is 2. The molecule has 0 bridgehead atoms. The zero-order valence-corrected chi connectivity index (χ0v) is 23.6. The van der Waals surface area contributed by atoms with Gasteiger partial charge in [0, 0.05) is 12.6 Å². The zero-order chi connectivity index (χ0) is 28.6. The van der Waals surface area contributed by atoms with E-state index in [1.165, 1.54) is 35.2 Å². The molecule has 208 valence electrons. The molecule has 3 rings (SSSR count). The van der Waals surface area contributed by atoms with Gasteiger partial charge in [-0.3, -0.25) is 13.9 Å². The number of aryl methyl sites for hydroxylation is 1. The van der Waals surface area contributed by atoms with Gasteiger partial charge >= 0.3 is 0 Å². The lowest BCUT2D eigenvalue weighted by atomic mass is 10.1. The van der Waals surface area contributed by atoms with Crippen LogP contribution in [0.5, 0.6) is 0 Å². The van der Waals surface area contributed by atoms with Crippen molar-refractivity contribution in [2.24, 2.45) is 0 Å². The Labute approximate surface area is 230 Å². The topological polar surface area (TPSA) is 86.8 Å². The lowest BCUT2D eigenvalue weighted by Crippen LogP contribution is -2.53. The molecule has 7 nitrogen and oxygen atoms in total. The Kier molecular flexibility index (Phi) is 10.2. The monoisotopic (exact) mass is 553 g/mol. The van der Waals surface area contributed by atoms with Crippen LogP contribution in [0.1, 0.15) is 38.3 Å². The van der Waals surface area contributed by atoms with Crippen LogP contribution in [0.3, 0.4) is 0 Å². The van der Waals surface area contributed by atoms with Crippen LogP contribution in [0.15, 0.2) is 83.8 Å². The number of nitrogens with one attached hydrogen (secondary N) is 1. The highest BCUT2D eigenvalue weighted by molar-refractivity contribution is 7.92. The van der Waals surface area contributed by atoms with Crippen molar-refractivity contribution < 1.29 is 22.4 Å². The summed E-state index contributed by atoms with van der Waals surface area (Å²) in [5.41, 5.74) is 1.57. The molecule has 0 heterocycles. The van der Waals surface area contributed by atoms with Gasteiger partial charge in [0.1, 0.15) is 18.4 Å². The number of sulfonamides is 1. The molecule has 0 radical (unpaired) electrons. The molecule has 0 fully saturated rings. The summed E-state index contributed by atoms with van der Waals surface area (Å²) in [5.74, 6) is -1.74. The quantitative estimate of drug-likeness (QED) is 0.352. The fraction of sp³-hybridized carbons (Fsp3) is 0.333. The lowest BCUT2D eigenvalue weighted by Gasteiger charge is -2.32. The van der Waals surface area contributed by atoms with E-state index >= 15 is 0 Å². The summed E-state index contributed by atoms with van der Waals surface area (Å²) in [6.07, 6.45) is 1.17. The van der Waals surface area contributed by atoms with E-state index in [-0.39, 0.29) is 29.1 Å². The van der Waals surface area contributed by atoms with Gasteiger partial charge in [-0.05, 0) is 63.4 Å². The maximum atomic E-state index is 14.9. The summed E-state index contributed by atoms with van der Waals surface area (Å²) < 4.78 is 43.2. The largest absolute Gasteiger partial charge is 0.352 e. The van der Waals surface area contributed by atoms with E-state index in [9.17, 15) is 22.4 Å². The van der Waals surface area contributed by atoms with Crippen LogP contribution < -0.4 is 9.62 Å². The number of nitrogens with zero attached hydrogens (tertiary/aromatic N) is 2. The molecule has 0 aliphatic carbocycles. The van der Waals surface area contributed by atoms with Crippen LogP contribution in [0.25, 0.3) is 0 Å². The van der Waals surface area contributed by atoms with Crippen LogP contribution in [-0.2, 0) is 26.0 Å². The number of anilines is 1. The van der Waals surface area contributed by atoms with Gasteiger partial charge in [0.15, 0.2) is 0 Å². The van der Waals surface area contributed by atoms with E-state index in [0.717, 1.165) is 21.5 Å². The van der Waals surface area contributed by atoms with Crippen molar-refractivity contribution in [3.8, 4) is 0 Å². The summed E-state index contributed by atoms with van der Waals surface area (Å²) in [7, 11) is -4.31. The number of hydrogen-bond acceptors (Lipinski definition) is 4. The second-order valence-corrected chi connectivity index (χ2v) is 11.5. The van der Waals surface area contributed by atoms with Gasteiger partial charge in [-0.15, -0.1) is 0 Å². The first-order valence-corrected chi connectivity index (χ1v) is 14.5. The number of hydrogen-bond donors (Lipinski definition) is 1. The standard InChI is InChI=1S/C30H36FN3O4S/c1-5-23(3)32-30(36)24(4)33(20-19-25-11-7-6-8-12-25)29(35)21-34(28-14-10-9-13-27(28)31)39(37,38)26-17-15-22(2)16-18-26/h6-18,23-24H,5,19-21H2,1-4H3,(H,32,36). The Morgan fingerprint density at radius 1 is 0.923 bits per heavy atom. The Morgan fingerprint density at radius 2 is 1.54 bits per heavy atom. The molecule has 0 aliphatic heterocycles. The van der Waals surface area contributed by atoms with Crippen molar-refractivity contribution in [1.82, 2.24) is 10.2 Å². The number of benzene rings is 3. The van der Waals surface area contributed by atoms with Crippen molar-refractivity contribution in [1.29, 1.82) is 0 Å². The van der Waals surface area contributed by atoms with Gasteiger partial charge in [-0.2, -0.15) is 0 Å². The molecule has 3 aromatic carbocycles. The highest BCUT2D eigenvalue weighted by Gasteiger charge is 2.33. The minimum atomic E-state index is -4.31. The molecule has 0 saturated heterocycles. The summed E-state index contributed by atoms with van der Waals surface area (Å²) in [4.78, 5) is 28.1. The normalized spacial score (nSPS) is 12.8. The zero-order valence-electron chi connectivity index (χ0n) is 22.8. The Balaban J connectivity index is 1.98. The number of halogens is 1. The molecule has 39 heavy (non-hydrogen) atoms. The molecule has 2 atom stereocenters. The van der Waals surface area contributed by atoms with Gasteiger partial charge in [0.25, 0.3) is 10.0 Å². The first-order valence-electron chi connectivity index (χ1n) is 13.0. The van der Waals surface area contributed by atoms with Gasteiger partial charge in [0.2, 0.25) is 11.8 Å². The van der Waals surface area contributed by atoms with Crippen LogP contribution >= 0.6 is 0 Å². The summed E-state index contributed by atoms with van der Waals surface area (Å²) >= 11 is 0. The number of para-hydroxylation sites is 1. The molecule has 1 N–H and O–H groups in total. The average molecular weight is 554 g/mol. The van der Waals surface area contributed by atoms with Gasteiger partial charge in [-0.1, -0.05) is 67.1 Å². The maximum Gasteiger partial charge on any atom is 0.264 e. The first kappa shape index (κ1) is 29.8. The van der Waals surface area contributed by atoms with E-state index in [4.69, 9.17) is 0 Å². The van der Waals surface area contributed by atoms with Crippen LogP contribution in [-0.4, -0.2) is 50.3 Å². The molecule has 0 aliphatic rings. The van der Waals surface area contributed by atoms with Gasteiger partial charge in [-0.25, -0.2) is 12.8 Å². The van der Waals surface area contributed by atoms with Gasteiger partial charge in [0.05, 0.1) is 10.6 Å². The fourth-order valence-corrected chi connectivity index (χ4v) is 5.46. The third-order valence-electron chi connectivity index (χ3n) is 6.66. The van der Waals surface area contributed by atoms with Crippen molar-refractivity contribution in [2.75, 3.05) is 17.4 Å². The van der Waals surface area contributed by atoms with Crippen molar-refractivity contribution in [2.45, 2.75) is 57.5 Å². The average Bonchev–Trinajstić information content (AvgIpc) is 2.92. The molecule has 2 unspecified atom stereocenters.